The molecule has 0 N–H and O–H groups in total. The molecule has 0 saturated heterocycles. The van der Waals surface area contributed by atoms with Crippen LogP contribution < -0.4 is 5.32 Å². The van der Waals surface area contributed by atoms with Crippen LogP contribution >= 0.6 is 0 Å². The Morgan fingerprint density at radius 2 is 2.00 bits per heavy atom. The molecule has 16 heavy (non-hydrogen) atoms. The molecule has 0 atom stereocenters. The fourth-order valence-electron chi connectivity index (χ4n) is 1.33. The molecule has 3 nitrogen and oxygen atoms in total. The van der Waals surface area contributed by atoms with Gasteiger partial charge in [0.25, 0.3) is 0 Å². The van der Waals surface area contributed by atoms with Gasteiger partial charge >= 0.3 is 0 Å². The molecule has 0 unspecified atom stereocenters. The summed E-state index contributed by atoms with van der Waals surface area (Å²) in [5.74, 6) is 0. The van der Waals surface area contributed by atoms with Gasteiger partial charge < -0.3 is 0 Å². The van der Waals surface area contributed by atoms with Gasteiger partial charge in [-0.15, -0.1) is 6.58 Å². The number of rotatable bonds is 4. The predicted octanol–water partition coefficient (Wildman–Crippen LogP) is 2.49. The maximum Gasteiger partial charge on any atom is 0.102 e. The van der Waals surface area contributed by atoms with Crippen LogP contribution in [0.4, 0.5) is 5.69 Å². The molecule has 0 aromatic heterocycles. The zero-order valence-electron chi connectivity index (χ0n) is 8.77. The normalized spacial score (nSPS) is 8.62. The minimum Gasteiger partial charge on any atom is -0.280 e. The monoisotopic (exact) mass is 208 g/mol. The predicted molar refractivity (Wildman–Crippen MR) is 62.8 cm³/mol. The maximum atomic E-state index is 9.06. The van der Waals surface area contributed by atoms with Crippen LogP contribution in [0.5, 0.6) is 0 Å². The number of hydrogen-bond acceptors (Lipinski definition) is 2. The molecule has 1 aromatic rings. The third-order valence-corrected chi connectivity index (χ3v) is 2.05. The number of hydrogen-bond donors (Lipinski definition) is 0. The van der Waals surface area contributed by atoms with E-state index in [1.54, 1.807) is 18.2 Å². The summed E-state index contributed by atoms with van der Waals surface area (Å²) in [6.07, 6.45) is 3.15. The molecule has 77 valence electrons. The van der Waals surface area contributed by atoms with Gasteiger partial charge in [-0.1, -0.05) is 18.7 Å². The van der Waals surface area contributed by atoms with E-state index in [9.17, 15) is 0 Å². The average molecular weight is 208 g/mol. The van der Waals surface area contributed by atoms with Crippen LogP contribution in [0.3, 0.4) is 0 Å². The molecule has 0 bridgehead atoms. The fourth-order valence-corrected chi connectivity index (χ4v) is 1.33. The molecular weight excluding hydrogens is 198 g/mol. The maximum absolute atomic E-state index is 9.06. The van der Waals surface area contributed by atoms with Gasteiger partial charge in [0, 0.05) is 5.56 Å². The van der Waals surface area contributed by atoms with Crippen LogP contribution in [-0.2, 0) is 0 Å². The van der Waals surface area contributed by atoms with Crippen molar-refractivity contribution in [3.63, 3.8) is 0 Å². The van der Waals surface area contributed by atoms with Crippen molar-refractivity contribution in [1.82, 2.24) is 5.32 Å². The summed E-state index contributed by atoms with van der Waals surface area (Å²) in [6, 6.07) is 7.37. The van der Waals surface area contributed by atoms with Crippen molar-refractivity contribution in [2.24, 2.45) is 0 Å². The van der Waals surface area contributed by atoms with Gasteiger partial charge in [0.15, 0.2) is 0 Å². The van der Waals surface area contributed by atoms with Crippen molar-refractivity contribution in [3.8, 4) is 12.1 Å². The Morgan fingerprint density at radius 3 is 2.50 bits per heavy atom. The lowest BCUT2D eigenvalue weighted by Gasteiger charge is -2.07. The van der Waals surface area contributed by atoms with E-state index in [1.165, 1.54) is 6.08 Å². The lowest BCUT2D eigenvalue weighted by molar-refractivity contribution is 0.974. The zero-order valence-corrected chi connectivity index (χ0v) is 8.77. The van der Waals surface area contributed by atoms with Crippen LogP contribution in [-0.4, -0.2) is 6.54 Å². The summed E-state index contributed by atoms with van der Waals surface area (Å²) in [4.78, 5) is 0. The van der Waals surface area contributed by atoms with Crippen molar-refractivity contribution in [1.29, 1.82) is 10.5 Å². The molecule has 0 amide bonds. The van der Waals surface area contributed by atoms with Crippen LogP contribution in [0.2, 0.25) is 0 Å². The van der Waals surface area contributed by atoms with Crippen molar-refractivity contribution >= 4 is 11.8 Å². The second-order valence-corrected chi connectivity index (χ2v) is 2.98. The molecule has 0 fully saturated rings. The first-order valence-corrected chi connectivity index (χ1v) is 4.66. The summed E-state index contributed by atoms with van der Waals surface area (Å²) in [7, 11) is 0. The van der Waals surface area contributed by atoms with Crippen molar-refractivity contribution < 1.29 is 0 Å². The SMILES string of the molecule is C=CC[N]c1ccc(C#N)c(C=C)c1C#N. The highest BCUT2D eigenvalue weighted by molar-refractivity contribution is 5.71. The van der Waals surface area contributed by atoms with E-state index in [2.05, 4.69) is 18.5 Å². The molecule has 0 heterocycles. The fraction of sp³-hybridized carbons (Fsp3) is 0.0769. The van der Waals surface area contributed by atoms with E-state index in [0.29, 0.717) is 28.9 Å². The minimum absolute atomic E-state index is 0.385. The summed E-state index contributed by atoms with van der Waals surface area (Å²) >= 11 is 0. The van der Waals surface area contributed by atoms with Crippen molar-refractivity contribution in [3.05, 3.63) is 48.1 Å². The Morgan fingerprint density at radius 1 is 1.25 bits per heavy atom. The van der Waals surface area contributed by atoms with Crippen molar-refractivity contribution in [2.45, 2.75) is 0 Å². The van der Waals surface area contributed by atoms with Crippen molar-refractivity contribution in [2.75, 3.05) is 6.54 Å². The second-order valence-electron chi connectivity index (χ2n) is 2.98. The lowest BCUT2D eigenvalue weighted by Crippen LogP contribution is -2.01. The summed E-state index contributed by atoms with van der Waals surface area (Å²) in [6.45, 7) is 7.61. The largest absolute Gasteiger partial charge is 0.280 e. The van der Waals surface area contributed by atoms with Gasteiger partial charge in [0.05, 0.1) is 29.4 Å². The van der Waals surface area contributed by atoms with Gasteiger partial charge in [0.2, 0.25) is 0 Å². The quantitative estimate of drug-likeness (QED) is 0.713. The van der Waals surface area contributed by atoms with Crippen LogP contribution in [0.15, 0.2) is 31.4 Å². The molecule has 3 heteroatoms. The Kier molecular flexibility index (Phi) is 3.89. The highest BCUT2D eigenvalue weighted by Crippen LogP contribution is 2.23. The average Bonchev–Trinajstić information content (AvgIpc) is 2.34. The van der Waals surface area contributed by atoms with E-state index < -0.39 is 0 Å². The first kappa shape index (κ1) is 11.6. The van der Waals surface area contributed by atoms with Gasteiger partial charge in [-0.3, -0.25) is 5.32 Å². The van der Waals surface area contributed by atoms with Crippen LogP contribution in [0.25, 0.3) is 6.08 Å². The van der Waals surface area contributed by atoms with Gasteiger partial charge in [-0.25, -0.2) is 0 Å². The molecule has 1 radical (unpaired) electrons. The molecule has 1 aromatic carbocycles. The van der Waals surface area contributed by atoms with Crippen LogP contribution in [0.1, 0.15) is 16.7 Å². The number of nitriles is 2. The molecule has 0 aliphatic carbocycles. The molecule has 0 aliphatic heterocycles. The Hall–Kier alpha value is -2.52. The van der Waals surface area contributed by atoms with Crippen LogP contribution in [0, 0.1) is 22.7 Å². The molecule has 0 saturated carbocycles. The third-order valence-electron chi connectivity index (χ3n) is 2.05. The Balaban J connectivity index is 3.34. The summed E-state index contributed by atoms with van der Waals surface area (Å²) < 4.78 is 0. The highest BCUT2D eigenvalue weighted by atomic mass is 14.9. The van der Waals surface area contributed by atoms with Gasteiger partial charge in [-0.2, -0.15) is 10.5 Å². The Bertz CT molecular complexity index is 501. The second kappa shape index (κ2) is 5.38. The number of benzene rings is 1. The lowest BCUT2D eigenvalue weighted by atomic mass is 10.0. The number of nitrogens with zero attached hydrogens (tertiary/aromatic N) is 3. The summed E-state index contributed by atoms with van der Waals surface area (Å²) in [5.41, 5.74) is 1.92. The van der Waals surface area contributed by atoms with E-state index >= 15 is 0 Å². The highest BCUT2D eigenvalue weighted by Gasteiger charge is 2.10. The molecule has 0 spiro atoms. The van der Waals surface area contributed by atoms with E-state index in [-0.39, 0.29) is 0 Å². The molecule has 1 rings (SSSR count). The first-order chi connectivity index (χ1) is 7.78. The topological polar surface area (TPSA) is 61.7 Å². The van der Waals surface area contributed by atoms with Gasteiger partial charge in [0.1, 0.15) is 6.07 Å². The molecular formula is C13H10N3. The zero-order chi connectivity index (χ0) is 12.0. The van der Waals surface area contributed by atoms with Gasteiger partial charge in [-0.05, 0) is 12.1 Å². The first-order valence-electron chi connectivity index (χ1n) is 4.66. The van der Waals surface area contributed by atoms with E-state index in [1.807, 2.05) is 12.1 Å². The standard InChI is InChI=1S/C13H10N3/c1-3-7-16-13-6-5-10(8-14)11(4-2)12(13)9-15/h3-6H,1-2,7H2. The molecule has 0 aliphatic rings. The smallest absolute Gasteiger partial charge is 0.102 e. The minimum atomic E-state index is 0.385. The van der Waals surface area contributed by atoms with E-state index in [4.69, 9.17) is 10.5 Å². The summed E-state index contributed by atoms with van der Waals surface area (Å²) in [5, 5.41) is 22.1. The van der Waals surface area contributed by atoms with E-state index in [0.717, 1.165) is 0 Å². The Labute approximate surface area is 94.9 Å². The third kappa shape index (κ3) is 2.10.